The Morgan fingerprint density at radius 2 is 2.23 bits per heavy atom. The molecule has 7 nitrogen and oxygen atoms in total. The zero-order valence-electron chi connectivity index (χ0n) is 13.7. The van der Waals surface area contributed by atoms with E-state index in [1.54, 1.807) is 18.5 Å². The van der Waals surface area contributed by atoms with E-state index in [0.717, 1.165) is 39.0 Å². The Bertz CT molecular complexity index is 509. The number of nitro groups is 1. The first-order valence-corrected chi connectivity index (χ1v) is 8.05. The van der Waals surface area contributed by atoms with Crippen molar-refractivity contribution >= 4 is 5.69 Å². The predicted molar refractivity (Wildman–Crippen MR) is 83.8 cm³/mol. The van der Waals surface area contributed by atoms with Crippen LogP contribution in [0.1, 0.15) is 44.0 Å². The van der Waals surface area contributed by atoms with Gasteiger partial charge in [-0.15, -0.1) is 0 Å². The van der Waals surface area contributed by atoms with Crippen LogP contribution < -0.4 is 0 Å². The molecule has 1 aliphatic heterocycles. The van der Waals surface area contributed by atoms with Gasteiger partial charge in [0.25, 0.3) is 0 Å². The number of hydrogen-bond acceptors (Lipinski definition) is 5. The molecule has 1 unspecified atom stereocenters. The Morgan fingerprint density at radius 1 is 1.45 bits per heavy atom. The van der Waals surface area contributed by atoms with Gasteiger partial charge in [0.05, 0.1) is 17.7 Å². The van der Waals surface area contributed by atoms with Crippen LogP contribution in [-0.2, 0) is 11.4 Å². The standard InChI is InChI=1S/C15H26N4O3/c1-4-8-17(10-14-7-5-6-9-22-14)11-18-13(3)15(19(20)21)12(2)16-18/h14H,4-11H2,1-3H3. The highest BCUT2D eigenvalue weighted by Crippen LogP contribution is 2.22. The monoisotopic (exact) mass is 310 g/mol. The highest BCUT2D eigenvalue weighted by atomic mass is 16.6. The summed E-state index contributed by atoms with van der Waals surface area (Å²) in [6, 6.07) is 0. The van der Waals surface area contributed by atoms with Crippen molar-refractivity contribution in [2.75, 3.05) is 19.7 Å². The molecule has 1 aliphatic rings. The van der Waals surface area contributed by atoms with Gasteiger partial charge in [0.1, 0.15) is 11.4 Å². The summed E-state index contributed by atoms with van der Waals surface area (Å²) >= 11 is 0. The van der Waals surface area contributed by atoms with Crippen molar-refractivity contribution in [1.29, 1.82) is 0 Å². The number of aryl methyl sites for hydroxylation is 1. The van der Waals surface area contributed by atoms with Crippen molar-refractivity contribution in [1.82, 2.24) is 14.7 Å². The Morgan fingerprint density at radius 3 is 2.77 bits per heavy atom. The van der Waals surface area contributed by atoms with E-state index in [4.69, 9.17) is 4.74 Å². The topological polar surface area (TPSA) is 73.4 Å². The minimum absolute atomic E-state index is 0.130. The number of rotatable bonds is 7. The third-order valence-electron chi connectivity index (χ3n) is 4.14. The first-order valence-electron chi connectivity index (χ1n) is 8.05. The highest BCUT2D eigenvalue weighted by Gasteiger charge is 2.24. The number of nitrogens with zero attached hydrogens (tertiary/aromatic N) is 4. The molecule has 1 fully saturated rings. The van der Waals surface area contributed by atoms with Gasteiger partial charge in [0, 0.05) is 13.2 Å². The quantitative estimate of drug-likeness (QED) is 0.572. The minimum atomic E-state index is -0.345. The van der Waals surface area contributed by atoms with Crippen molar-refractivity contribution in [3.05, 3.63) is 21.5 Å². The lowest BCUT2D eigenvalue weighted by Crippen LogP contribution is -2.37. The van der Waals surface area contributed by atoms with Gasteiger partial charge in [-0.2, -0.15) is 5.10 Å². The zero-order chi connectivity index (χ0) is 16.1. The summed E-state index contributed by atoms with van der Waals surface area (Å²) in [6.07, 6.45) is 4.77. The molecule has 7 heteroatoms. The van der Waals surface area contributed by atoms with Crippen LogP contribution in [0.4, 0.5) is 5.69 Å². The van der Waals surface area contributed by atoms with E-state index in [-0.39, 0.29) is 16.7 Å². The molecule has 1 aromatic rings. The van der Waals surface area contributed by atoms with E-state index in [2.05, 4.69) is 16.9 Å². The molecule has 2 rings (SSSR count). The summed E-state index contributed by atoms with van der Waals surface area (Å²) in [7, 11) is 0. The van der Waals surface area contributed by atoms with E-state index in [0.29, 0.717) is 18.1 Å². The Kier molecular flexibility index (Phi) is 5.90. The van der Waals surface area contributed by atoms with Gasteiger partial charge in [-0.1, -0.05) is 6.92 Å². The van der Waals surface area contributed by atoms with Crippen LogP contribution >= 0.6 is 0 Å². The zero-order valence-corrected chi connectivity index (χ0v) is 13.7. The van der Waals surface area contributed by atoms with Crippen molar-refractivity contribution in [2.24, 2.45) is 0 Å². The number of ether oxygens (including phenoxy) is 1. The summed E-state index contributed by atoms with van der Waals surface area (Å²) in [5.41, 5.74) is 1.23. The lowest BCUT2D eigenvalue weighted by Gasteiger charge is -2.29. The summed E-state index contributed by atoms with van der Waals surface area (Å²) in [6.45, 7) is 8.81. The fraction of sp³-hybridized carbons (Fsp3) is 0.800. The van der Waals surface area contributed by atoms with E-state index >= 15 is 0 Å². The molecule has 1 aromatic heterocycles. The van der Waals surface area contributed by atoms with Crippen LogP contribution in [0, 0.1) is 24.0 Å². The molecule has 1 atom stereocenters. The fourth-order valence-electron chi connectivity index (χ4n) is 3.05. The van der Waals surface area contributed by atoms with Crippen molar-refractivity contribution in [2.45, 2.75) is 59.2 Å². The summed E-state index contributed by atoms with van der Waals surface area (Å²) < 4.78 is 7.55. The van der Waals surface area contributed by atoms with Gasteiger partial charge in [-0.3, -0.25) is 15.0 Å². The number of hydrogen-bond donors (Lipinski definition) is 0. The van der Waals surface area contributed by atoms with Gasteiger partial charge < -0.3 is 4.74 Å². The Hall–Kier alpha value is -1.47. The third-order valence-corrected chi connectivity index (χ3v) is 4.14. The maximum Gasteiger partial charge on any atom is 0.312 e. The Balaban J connectivity index is 2.07. The average molecular weight is 310 g/mol. The van der Waals surface area contributed by atoms with Crippen molar-refractivity contribution < 1.29 is 9.66 Å². The molecule has 0 amide bonds. The molecular formula is C15H26N4O3. The van der Waals surface area contributed by atoms with Crippen LogP contribution in [0.2, 0.25) is 0 Å². The van der Waals surface area contributed by atoms with E-state index in [9.17, 15) is 10.1 Å². The normalized spacial score (nSPS) is 18.8. The molecule has 2 heterocycles. The molecule has 0 aliphatic carbocycles. The van der Waals surface area contributed by atoms with Crippen LogP contribution in [0.25, 0.3) is 0 Å². The molecule has 0 saturated carbocycles. The van der Waals surface area contributed by atoms with Crippen molar-refractivity contribution in [3.63, 3.8) is 0 Å². The summed E-state index contributed by atoms with van der Waals surface area (Å²) in [5.74, 6) is 0. The average Bonchev–Trinajstić information content (AvgIpc) is 2.74. The lowest BCUT2D eigenvalue weighted by atomic mass is 10.1. The Labute approximate surface area is 131 Å². The van der Waals surface area contributed by atoms with Crippen LogP contribution in [0.3, 0.4) is 0 Å². The van der Waals surface area contributed by atoms with Crippen molar-refractivity contribution in [3.8, 4) is 0 Å². The minimum Gasteiger partial charge on any atom is -0.377 e. The van der Waals surface area contributed by atoms with Gasteiger partial charge in [-0.05, 0) is 46.1 Å². The maximum absolute atomic E-state index is 11.1. The smallest absolute Gasteiger partial charge is 0.312 e. The summed E-state index contributed by atoms with van der Waals surface area (Å²) in [5, 5.41) is 15.4. The molecule has 0 N–H and O–H groups in total. The number of aromatic nitrogens is 2. The molecule has 22 heavy (non-hydrogen) atoms. The molecule has 0 spiro atoms. The molecular weight excluding hydrogens is 284 g/mol. The van der Waals surface area contributed by atoms with E-state index in [1.807, 2.05) is 0 Å². The fourth-order valence-corrected chi connectivity index (χ4v) is 3.05. The molecule has 1 saturated heterocycles. The van der Waals surface area contributed by atoms with E-state index in [1.165, 1.54) is 6.42 Å². The molecule has 124 valence electrons. The lowest BCUT2D eigenvalue weighted by molar-refractivity contribution is -0.386. The predicted octanol–water partition coefficient (Wildman–Crippen LogP) is 2.65. The first-order chi connectivity index (χ1) is 10.5. The van der Waals surface area contributed by atoms with E-state index < -0.39 is 0 Å². The molecule has 0 radical (unpaired) electrons. The summed E-state index contributed by atoms with van der Waals surface area (Å²) in [4.78, 5) is 13.0. The highest BCUT2D eigenvalue weighted by molar-refractivity contribution is 5.39. The maximum atomic E-state index is 11.1. The van der Waals surface area contributed by atoms with Gasteiger partial charge in [0.2, 0.25) is 0 Å². The van der Waals surface area contributed by atoms with Crippen LogP contribution in [0.5, 0.6) is 0 Å². The van der Waals surface area contributed by atoms with Gasteiger partial charge >= 0.3 is 5.69 Å². The third kappa shape index (κ3) is 4.04. The van der Waals surface area contributed by atoms with Crippen LogP contribution in [-0.4, -0.2) is 45.4 Å². The first kappa shape index (κ1) is 16.9. The van der Waals surface area contributed by atoms with Gasteiger partial charge in [-0.25, -0.2) is 4.68 Å². The molecule has 0 aromatic carbocycles. The SMILES string of the molecule is CCCN(CC1CCCCO1)Cn1nc(C)c([N+](=O)[O-])c1C. The van der Waals surface area contributed by atoms with Crippen LogP contribution in [0.15, 0.2) is 0 Å². The van der Waals surface area contributed by atoms with Gasteiger partial charge in [0.15, 0.2) is 0 Å². The largest absolute Gasteiger partial charge is 0.377 e. The molecule has 0 bridgehead atoms. The second-order valence-electron chi connectivity index (χ2n) is 5.98. The second-order valence-corrected chi connectivity index (χ2v) is 5.98. The second kappa shape index (κ2) is 7.69.